The van der Waals surface area contributed by atoms with Crippen LogP contribution in [0.5, 0.6) is 0 Å². The van der Waals surface area contributed by atoms with Gasteiger partial charge in [0.25, 0.3) is 0 Å². The highest BCUT2D eigenvalue weighted by Crippen LogP contribution is 2.56. The maximum atomic E-state index is 12.1. The lowest BCUT2D eigenvalue weighted by Gasteiger charge is -2.23. The van der Waals surface area contributed by atoms with Gasteiger partial charge >= 0.3 is 18.1 Å². The minimum absolute atomic E-state index is 0.0311. The van der Waals surface area contributed by atoms with Crippen LogP contribution in [0.1, 0.15) is 23.6 Å². The van der Waals surface area contributed by atoms with Gasteiger partial charge in [0.05, 0.1) is 30.5 Å². The number of fused-ring (bicyclic) bond motifs is 6. The van der Waals surface area contributed by atoms with Crippen molar-refractivity contribution in [1.82, 2.24) is 44.5 Å². The number of rotatable bonds is 10. The minimum atomic E-state index is -1.73. The molecule has 73 heavy (non-hydrogen) atoms. The predicted octanol–water partition coefficient (Wildman–Crippen LogP) is 8.65. The summed E-state index contributed by atoms with van der Waals surface area (Å²) in [5.74, 6) is 2.41. The van der Waals surface area contributed by atoms with Gasteiger partial charge < -0.3 is 24.5 Å². The van der Waals surface area contributed by atoms with Gasteiger partial charge in [-0.25, -0.2) is 14.4 Å². The molecule has 3 unspecified atom stereocenters. The third-order valence-electron chi connectivity index (χ3n) is 13.7. The molecule has 9 heterocycles. The fourth-order valence-electron chi connectivity index (χ4n) is 9.98. The molecule has 6 aliphatic rings. The number of hydrogen-bond acceptors (Lipinski definition) is 7. The summed E-state index contributed by atoms with van der Waals surface area (Å²) in [4.78, 5) is 62.6. The molecule has 3 aromatic heterocycles. The lowest BCUT2D eigenvalue weighted by molar-refractivity contribution is -0.107. The van der Waals surface area contributed by atoms with Crippen LogP contribution in [0.4, 0.5) is 14.4 Å². The molecule has 6 amide bonds. The average Bonchev–Trinajstić information content (AvgIpc) is 3.89. The van der Waals surface area contributed by atoms with Crippen LogP contribution >= 0.6 is 7.26 Å². The van der Waals surface area contributed by atoms with Crippen molar-refractivity contribution in [3.63, 3.8) is 0 Å². The molecule has 12 rings (SSSR count). The van der Waals surface area contributed by atoms with Gasteiger partial charge in [0.2, 0.25) is 0 Å². The van der Waals surface area contributed by atoms with Gasteiger partial charge in [-0.2, -0.15) is 5.06 Å². The van der Waals surface area contributed by atoms with Crippen molar-refractivity contribution >= 4 is 58.0 Å². The lowest BCUT2D eigenvalue weighted by atomic mass is 10.0. The number of hydroxylamine groups is 2. The Bertz CT molecular complexity index is 2800. The first-order chi connectivity index (χ1) is 35.7. The molecule has 0 spiro atoms. The number of benzene rings is 3. The number of hydrogen-bond donors (Lipinski definition) is 0. The van der Waals surface area contributed by atoms with Crippen LogP contribution in [0.15, 0.2) is 207 Å². The number of likely N-dealkylation sites (N-methyl/N-ethyl adjacent to an activating group) is 2. The molecule has 6 bridgehead atoms. The van der Waals surface area contributed by atoms with E-state index in [2.05, 4.69) is 150 Å². The van der Waals surface area contributed by atoms with Crippen molar-refractivity contribution < 1.29 is 19.2 Å². The largest absolute Gasteiger partial charge is 0.344 e. The highest BCUT2D eigenvalue weighted by atomic mass is 31.2. The van der Waals surface area contributed by atoms with Gasteiger partial charge in [-0.3, -0.25) is 19.8 Å². The van der Waals surface area contributed by atoms with E-state index in [4.69, 9.17) is 4.84 Å². The third-order valence-corrected chi connectivity index (χ3v) is 17.8. The monoisotopic (exact) mass is 990 g/mol. The molecule has 14 heteroatoms. The number of aromatic nitrogens is 3. The number of pyridine rings is 3. The van der Waals surface area contributed by atoms with Crippen LogP contribution in [0.2, 0.25) is 0 Å². The second-order valence-corrected chi connectivity index (χ2v) is 21.6. The second kappa shape index (κ2) is 23.0. The molecule has 6 aromatic rings. The first-order valence-electron chi connectivity index (χ1n) is 24.6. The van der Waals surface area contributed by atoms with E-state index in [0.29, 0.717) is 32.8 Å². The summed E-state index contributed by atoms with van der Waals surface area (Å²) < 4.78 is 0. The average molecular weight is 991 g/mol. The quantitative estimate of drug-likeness (QED) is 0.0997. The molecule has 6 aliphatic heterocycles. The van der Waals surface area contributed by atoms with E-state index >= 15 is 0 Å². The second-order valence-electron chi connectivity index (χ2n) is 18.3. The number of allylic oxidation sites excluding steroid dienone is 1. The van der Waals surface area contributed by atoms with Gasteiger partial charge in [-0.05, 0) is 94.9 Å². The Morgan fingerprint density at radius 2 is 0.904 bits per heavy atom. The topological polar surface area (TPSA) is 119 Å². The normalized spacial score (nSPS) is 19.5. The van der Waals surface area contributed by atoms with Gasteiger partial charge in [-0.1, -0.05) is 103 Å². The van der Waals surface area contributed by atoms with Crippen molar-refractivity contribution in [2.45, 2.75) is 25.0 Å². The molecule has 0 saturated carbocycles. The summed E-state index contributed by atoms with van der Waals surface area (Å²) in [6.45, 7) is 10.4. The standard InChI is InChI=1S/C21H20P.C14H15N3O2.2C12H13N3O/c1-2-18-22(19-12-6-3-7-13-19,20-14-8-4-9-15-20)21-16-10-5-11-17-21;1-2-6-19-17-13-7-12(9-16(10-13)14(17)18)11-4-3-5-15-8-11;2*1-14-11-5-10(7-15(8-11)12(14)16)9-3-2-4-13-6-9/h2-18H,1H3;2-5,7-8,13H,1,6,9-10H2;2*2-6,11H,7-8H2,1H3/q+1;;;/b18-2+;;;. The Hall–Kier alpha value is -7.99. The van der Waals surface area contributed by atoms with E-state index in [1.165, 1.54) is 32.1 Å². The van der Waals surface area contributed by atoms with Crippen molar-refractivity contribution in [3.05, 3.63) is 224 Å². The van der Waals surface area contributed by atoms with Gasteiger partial charge in [0.15, 0.2) is 0 Å². The number of nitrogens with zero attached hydrogens (tertiary/aromatic N) is 9. The van der Waals surface area contributed by atoms with E-state index in [9.17, 15) is 14.4 Å². The molecular weight excluding hydrogens is 930 g/mol. The summed E-state index contributed by atoms with van der Waals surface area (Å²) in [6.07, 6.45) is 21.1. The van der Waals surface area contributed by atoms with Crippen LogP contribution in [0.3, 0.4) is 0 Å². The maximum Gasteiger partial charge on any atom is 0.344 e. The number of amides is 6. The minimum Gasteiger partial charge on any atom is -0.319 e. The Labute approximate surface area is 429 Å². The van der Waals surface area contributed by atoms with E-state index in [-0.39, 0.29) is 36.2 Å². The van der Waals surface area contributed by atoms with Crippen LogP contribution in [0, 0.1) is 0 Å². The van der Waals surface area contributed by atoms with Crippen molar-refractivity contribution in [1.29, 1.82) is 0 Å². The van der Waals surface area contributed by atoms with Gasteiger partial charge in [0.1, 0.15) is 23.2 Å². The van der Waals surface area contributed by atoms with E-state index in [1.54, 1.807) is 39.4 Å². The summed E-state index contributed by atoms with van der Waals surface area (Å²) in [5.41, 5.74) is 6.78. The lowest BCUT2D eigenvalue weighted by Crippen LogP contribution is -2.33. The van der Waals surface area contributed by atoms with Gasteiger partial charge in [-0.15, -0.1) is 6.58 Å². The van der Waals surface area contributed by atoms with E-state index < -0.39 is 7.26 Å². The Balaban J connectivity index is 0.000000121. The maximum absolute atomic E-state index is 12.1. The SMILES string of the molecule is C/C=C/[P+](c1ccccc1)(c1ccccc1)c1ccccc1.C=CCON1C(=O)N2CC(c3cccnc3)=CC1C2.CN1C(=O)N2CC(c3cccnc3)=CC1C2.CN1C(=O)N2CC(c3cccnc3)=CC1C2. The summed E-state index contributed by atoms with van der Waals surface area (Å²) in [6, 6.07) is 45.0. The van der Waals surface area contributed by atoms with Crippen molar-refractivity contribution in [2.75, 3.05) is 60.0 Å². The fourth-order valence-corrected chi connectivity index (χ4v) is 13.8. The molecule has 3 aromatic carbocycles. The van der Waals surface area contributed by atoms with Crippen molar-refractivity contribution in [2.24, 2.45) is 0 Å². The smallest absolute Gasteiger partial charge is 0.319 e. The van der Waals surface area contributed by atoms with Crippen LogP contribution in [0.25, 0.3) is 16.7 Å². The van der Waals surface area contributed by atoms with Crippen molar-refractivity contribution in [3.8, 4) is 0 Å². The molecule has 3 fully saturated rings. The third kappa shape index (κ3) is 10.9. The van der Waals surface area contributed by atoms with Crippen LogP contribution in [-0.4, -0.2) is 141 Å². The fraction of sp³-hybridized carbons (Fsp3) is 0.220. The summed E-state index contributed by atoms with van der Waals surface area (Å²) in [7, 11) is 1.98. The molecule has 0 aliphatic carbocycles. The zero-order valence-electron chi connectivity index (χ0n) is 41.5. The molecule has 3 saturated heterocycles. The first-order valence-corrected chi connectivity index (χ1v) is 26.4. The Morgan fingerprint density at radius 1 is 0.534 bits per heavy atom. The first kappa shape index (κ1) is 50.0. The zero-order chi connectivity index (χ0) is 50.7. The summed E-state index contributed by atoms with van der Waals surface area (Å²) in [5, 5.41) is 5.62. The van der Waals surface area contributed by atoms with Gasteiger partial charge in [0, 0.05) is 90.5 Å². The molecule has 3 atom stereocenters. The van der Waals surface area contributed by atoms with E-state index in [1.807, 2.05) is 78.9 Å². The van der Waals surface area contributed by atoms with E-state index in [0.717, 1.165) is 35.4 Å². The number of carbonyl (C=O) groups excluding carboxylic acids is 3. The molecule has 0 N–H and O–H groups in total. The predicted molar refractivity (Wildman–Crippen MR) is 292 cm³/mol. The molecule has 370 valence electrons. The number of carbonyl (C=O) groups is 3. The molecule has 0 radical (unpaired) electrons. The highest BCUT2D eigenvalue weighted by Gasteiger charge is 2.44. The van der Waals surface area contributed by atoms with Crippen LogP contribution in [-0.2, 0) is 4.84 Å². The molecular formula is C59H61N9O4P+. The Kier molecular flexibility index (Phi) is 15.8. The molecule has 13 nitrogen and oxygen atoms in total. The number of urea groups is 3. The highest BCUT2D eigenvalue weighted by molar-refractivity contribution is 7.98. The Morgan fingerprint density at radius 3 is 1.25 bits per heavy atom. The zero-order valence-corrected chi connectivity index (χ0v) is 42.4. The van der Waals surface area contributed by atoms with Crippen LogP contribution < -0.4 is 15.9 Å². The summed E-state index contributed by atoms with van der Waals surface area (Å²) >= 11 is 0.